The second kappa shape index (κ2) is 88.9. The van der Waals surface area contributed by atoms with Crippen LogP contribution < -0.4 is 36.6 Å². The van der Waals surface area contributed by atoms with Gasteiger partial charge >= 0.3 is 17.9 Å². The molecule has 0 saturated carbocycles. The molecule has 0 bridgehead atoms. The first-order valence-electron chi connectivity index (χ1n) is 51.8. The van der Waals surface area contributed by atoms with Crippen LogP contribution in [0.1, 0.15) is 129 Å². The maximum atomic E-state index is 14.1. The standard InChI is InChI=1S/C103H173ClN6O38/c1-79(2)74-90-101(119)146-88(15-12-16-92(112)108-87(76-83-21-24-89(122-9)85(104)75-83)99(117)107-78-103(6,7)102(120)147-90)81(5)96-97(148-96)84-22-19-82(20-23-84)77-106-98(116)86(109-100(118)95(80(3)4)110-93(113)17-13-18-94(114)115)14-10-11-26-105-91(111)25-27-123-30-31-125-34-35-127-38-39-129-42-43-131-46-47-133-50-51-135-54-55-137-58-59-139-62-63-141-66-67-143-70-71-145-73-72-144-69-68-142-65-64-140-61-60-138-57-56-136-53-52-134-49-48-132-45-44-130-41-40-128-37-36-126-33-32-124-29-28-121-8/h12,16,19-24,75,79-81,86-88,90,95-97H,10-11,13-15,17-18,25-74,76-78H2,1-9H3,(H,105,111)(H,106,116)(H,107,117)(H,108,112)(H,109,118)(H,110,113)(H,114,115)/b16-12-/t81-,86-,87+,88-,90-,95-,96+,97+/m0/s1. The molecule has 8 atom stereocenters. The van der Waals surface area contributed by atoms with E-state index in [1.165, 1.54) is 13.2 Å². The van der Waals surface area contributed by atoms with Gasteiger partial charge in [0.25, 0.3) is 0 Å². The van der Waals surface area contributed by atoms with Crippen LogP contribution in [0.5, 0.6) is 5.75 Å². The fourth-order valence-corrected chi connectivity index (χ4v) is 14.0. The Morgan fingerprint density at radius 2 is 0.858 bits per heavy atom. The highest BCUT2D eigenvalue weighted by Crippen LogP contribution is 2.45. The number of carbonyl (C=O) groups is 9. The maximum absolute atomic E-state index is 14.1. The summed E-state index contributed by atoms with van der Waals surface area (Å²) in [5.74, 6) is -6.10. The van der Waals surface area contributed by atoms with Gasteiger partial charge in [0.15, 0.2) is 6.10 Å². The average molecular weight is 2140 g/mol. The first-order chi connectivity index (χ1) is 71.9. The van der Waals surface area contributed by atoms with Crippen molar-refractivity contribution in [3.63, 3.8) is 0 Å². The van der Waals surface area contributed by atoms with E-state index < -0.39 is 107 Å². The molecule has 4 rings (SSSR count). The maximum Gasteiger partial charge on any atom is 0.347 e. The van der Waals surface area contributed by atoms with Crippen molar-refractivity contribution in [2.45, 2.75) is 162 Å². The molecule has 2 aliphatic heterocycles. The molecule has 0 radical (unpaired) electrons. The minimum absolute atomic E-state index is 0.0478. The number of unbranched alkanes of at least 4 members (excludes halogenated alkanes) is 1. The van der Waals surface area contributed by atoms with Crippen molar-refractivity contribution in [2.75, 3.05) is 338 Å². The molecule has 45 heteroatoms. The lowest BCUT2D eigenvalue weighted by Gasteiger charge is -2.29. The van der Waals surface area contributed by atoms with Crippen LogP contribution in [0, 0.1) is 23.2 Å². The SMILES string of the molecule is COCCOCCOCCOCCOCCOCCOCCOCCOCCOCCOCCOCCOCCOCCOCCOCCOCCOCCOCCOCCOCCOCCOCCOCCC(=O)NCCCC[C@H](NC(=O)[C@@H](NC(=O)CCCC(=O)O)C(C)C)C(=O)NCc1ccc([C@H]2O[C@@H]2[C@@H](C)[C@@H]2C/C=C\C(=O)N[C@H](Cc3ccc(OC)c(Cl)c3)C(=O)NCC(C)(C)C(=O)O[C@@H](CC(C)C)C(=O)O2)cc1. The van der Waals surface area contributed by atoms with Gasteiger partial charge in [0.1, 0.15) is 36.1 Å². The van der Waals surface area contributed by atoms with Crippen molar-refractivity contribution in [3.05, 3.63) is 76.3 Å². The first kappa shape index (κ1) is 133. The lowest BCUT2D eigenvalue weighted by atomic mass is 9.92. The molecule has 1 fully saturated rings. The van der Waals surface area contributed by atoms with Gasteiger partial charge in [0.2, 0.25) is 35.4 Å². The summed E-state index contributed by atoms with van der Waals surface area (Å²) in [6.07, 6.45) is 0.881. The zero-order chi connectivity index (χ0) is 107. The number of carboxylic acids is 1. The Kier molecular flexibility index (Phi) is 79.8. The number of epoxide rings is 1. The Bertz CT molecular complexity index is 3780. The number of amides is 6. The molecule has 148 heavy (non-hydrogen) atoms. The molecule has 2 aromatic rings. The number of benzene rings is 2. The third kappa shape index (κ3) is 69.9. The zero-order valence-corrected chi connectivity index (χ0v) is 89.6. The number of aliphatic carboxylic acids is 1. The van der Waals surface area contributed by atoms with Crippen LogP contribution in [-0.2, 0) is 184 Å². The van der Waals surface area contributed by atoms with Gasteiger partial charge in [0.05, 0.1) is 334 Å². The van der Waals surface area contributed by atoms with Crippen molar-refractivity contribution in [3.8, 4) is 5.75 Å². The highest BCUT2D eigenvalue weighted by atomic mass is 35.5. The fraction of sp³-hybridized carbons (Fsp3) is 0.777. The molecular weight excluding hydrogens is 1960 g/mol. The topological polar surface area (TPSA) is 508 Å². The molecule has 6 amide bonds. The zero-order valence-electron chi connectivity index (χ0n) is 88.8. The Morgan fingerprint density at radius 3 is 1.24 bits per heavy atom. The van der Waals surface area contributed by atoms with Crippen LogP contribution in [0.2, 0.25) is 5.02 Å². The van der Waals surface area contributed by atoms with Gasteiger partial charge < -0.3 is 170 Å². The van der Waals surface area contributed by atoms with Crippen LogP contribution in [0.15, 0.2) is 54.6 Å². The molecule has 44 nitrogen and oxygen atoms in total. The lowest BCUT2D eigenvalue weighted by Crippen LogP contribution is -2.55. The third-order valence-corrected chi connectivity index (χ3v) is 22.4. The molecule has 850 valence electrons. The highest BCUT2D eigenvalue weighted by Gasteiger charge is 2.48. The smallest absolute Gasteiger partial charge is 0.347 e. The normalized spacial score (nSPS) is 16.9. The fourth-order valence-electron chi connectivity index (χ4n) is 13.7. The average Bonchev–Trinajstić information content (AvgIpc) is 1.63. The largest absolute Gasteiger partial charge is 0.495 e. The predicted octanol–water partition coefficient (Wildman–Crippen LogP) is 5.33. The number of nitrogens with one attached hydrogen (secondary N) is 6. The minimum atomic E-state index is -1.31. The van der Waals surface area contributed by atoms with E-state index in [2.05, 4.69) is 31.9 Å². The Labute approximate surface area is 878 Å². The summed E-state index contributed by atoms with van der Waals surface area (Å²) >= 11 is 6.42. The Balaban J connectivity index is 0.930. The third-order valence-electron chi connectivity index (χ3n) is 22.1. The number of carboxylic acid groups (broad SMARTS) is 1. The number of hydrogen-bond acceptors (Lipinski definition) is 37. The highest BCUT2D eigenvalue weighted by molar-refractivity contribution is 6.32. The molecule has 0 aromatic heterocycles. The van der Waals surface area contributed by atoms with E-state index in [0.29, 0.717) is 332 Å². The Hall–Kier alpha value is -7.50. The lowest BCUT2D eigenvalue weighted by molar-refractivity contribution is -0.179. The Morgan fingerprint density at radius 1 is 0.459 bits per heavy atom. The molecule has 1 saturated heterocycles. The predicted molar refractivity (Wildman–Crippen MR) is 541 cm³/mol. The molecule has 7 N–H and O–H groups in total. The summed E-state index contributed by atoms with van der Waals surface area (Å²) in [6.45, 7) is 33.5. The number of methoxy groups -OCH3 is 2. The van der Waals surface area contributed by atoms with E-state index >= 15 is 0 Å². The van der Waals surface area contributed by atoms with Crippen LogP contribution in [0.4, 0.5) is 0 Å². The number of halogens is 1. The summed E-state index contributed by atoms with van der Waals surface area (Å²) in [4.78, 5) is 120. The molecule has 0 aliphatic carbocycles. The number of carbonyl (C=O) groups excluding carboxylic acids is 8. The molecule has 2 heterocycles. The van der Waals surface area contributed by atoms with Crippen molar-refractivity contribution in [2.24, 2.45) is 23.2 Å². The van der Waals surface area contributed by atoms with E-state index in [0.717, 1.165) is 5.56 Å². The molecular formula is C103H173ClN6O38. The second-order valence-corrected chi connectivity index (χ2v) is 36.0. The number of esters is 2. The summed E-state index contributed by atoms with van der Waals surface area (Å²) < 4.78 is 156. The van der Waals surface area contributed by atoms with Crippen molar-refractivity contribution < 1.29 is 181 Å². The van der Waals surface area contributed by atoms with E-state index in [-0.39, 0.29) is 96.0 Å². The molecule has 2 aromatic carbocycles. The summed E-state index contributed by atoms with van der Waals surface area (Å²) in [6, 6.07) is 9.17. The van der Waals surface area contributed by atoms with Gasteiger partial charge in [-0.05, 0) is 92.7 Å². The molecule has 0 unspecified atom stereocenters. The number of hydrogen-bond donors (Lipinski definition) is 7. The number of cyclic esters (lactones) is 2. The van der Waals surface area contributed by atoms with E-state index in [9.17, 15) is 43.2 Å². The summed E-state index contributed by atoms with van der Waals surface area (Å²) in [5, 5.41) is 26.3. The van der Waals surface area contributed by atoms with Gasteiger partial charge in [-0.25, -0.2) is 4.79 Å². The van der Waals surface area contributed by atoms with E-state index in [1.54, 1.807) is 59.1 Å². The van der Waals surface area contributed by atoms with Crippen LogP contribution in [0.3, 0.4) is 0 Å². The van der Waals surface area contributed by atoms with Gasteiger partial charge in [-0.1, -0.05) is 82.6 Å². The molecule has 0 spiro atoms. The van der Waals surface area contributed by atoms with Crippen molar-refractivity contribution >= 4 is 65.0 Å². The van der Waals surface area contributed by atoms with Gasteiger partial charge in [-0.3, -0.25) is 38.4 Å². The van der Waals surface area contributed by atoms with Crippen LogP contribution in [-0.4, -0.2) is 433 Å². The van der Waals surface area contributed by atoms with Gasteiger partial charge in [-0.15, -0.1) is 0 Å². The quantitative estimate of drug-likeness (QED) is 0.0250. The minimum Gasteiger partial charge on any atom is -0.495 e. The van der Waals surface area contributed by atoms with Gasteiger partial charge in [-0.2, -0.15) is 0 Å². The van der Waals surface area contributed by atoms with Crippen molar-refractivity contribution in [1.29, 1.82) is 0 Å². The number of ether oxygens (including phenoxy) is 28. The summed E-state index contributed by atoms with van der Waals surface area (Å²) in [7, 11) is 3.12. The first-order valence-corrected chi connectivity index (χ1v) is 52.2. The molecule has 2 aliphatic rings. The summed E-state index contributed by atoms with van der Waals surface area (Å²) in [5.41, 5.74) is 0.817. The van der Waals surface area contributed by atoms with E-state index in [4.69, 9.17) is 149 Å². The van der Waals surface area contributed by atoms with E-state index in [1.807, 2.05) is 45.0 Å². The second-order valence-electron chi connectivity index (χ2n) is 35.6. The van der Waals surface area contributed by atoms with Gasteiger partial charge in [0, 0.05) is 64.8 Å². The van der Waals surface area contributed by atoms with Crippen molar-refractivity contribution in [1.82, 2.24) is 31.9 Å². The van der Waals surface area contributed by atoms with Crippen LogP contribution in [0.25, 0.3) is 0 Å². The van der Waals surface area contributed by atoms with Crippen LogP contribution >= 0.6 is 11.6 Å². The monoisotopic (exact) mass is 2140 g/mol. The number of rotatable bonds is 96.